The van der Waals surface area contributed by atoms with E-state index in [-0.39, 0.29) is 21.3 Å². The minimum absolute atomic E-state index is 0.0525. The van der Waals surface area contributed by atoms with Crippen molar-refractivity contribution in [3.8, 4) is 0 Å². The van der Waals surface area contributed by atoms with Gasteiger partial charge >= 0.3 is 0 Å². The highest BCUT2D eigenvalue weighted by molar-refractivity contribution is 9.10. The largest absolute Gasteiger partial charge is 0.324 e. The lowest BCUT2D eigenvalue weighted by Gasteiger charge is -2.12. The maximum absolute atomic E-state index is 11.8. The highest BCUT2D eigenvalue weighted by Crippen LogP contribution is 2.21. The number of sulfonamides is 1. The van der Waals surface area contributed by atoms with E-state index in [0.29, 0.717) is 6.42 Å². The van der Waals surface area contributed by atoms with E-state index in [1.165, 1.54) is 13.1 Å². The first-order valence-corrected chi connectivity index (χ1v) is 7.79. The number of halogens is 1. The lowest BCUT2D eigenvalue weighted by atomic mass is 10.3. The van der Waals surface area contributed by atoms with Crippen LogP contribution in [0.3, 0.4) is 0 Å². The molecule has 0 aliphatic heterocycles. The van der Waals surface area contributed by atoms with Crippen molar-refractivity contribution in [3.63, 3.8) is 0 Å². The molecule has 0 bridgehead atoms. The molecule has 1 amide bonds. The summed E-state index contributed by atoms with van der Waals surface area (Å²) < 4.78 is 25.8. The Morgan fingerprint density at radius 2 is 2.00 bits per heavy atom. The molecule has 0 fully saturated rings. The zero-order valence-electron chi connectivity index (χ0n) is 10.1. The molecule has 2 N–H and O–H groups in total. The topological polar surface area (TPSA) is 75.3 Å². The Hall–Kier alpha value is -0.920. The standard InChI is InChI=1S/C11H15BrN2O3S/c1-3-8(12)11(15)14-9-6-4-5-7-10(9)18(16,17)13-2/h4-8,13H,3H2,1-2H3,(H,14,15). The van der Waals surface area contributed by atoms with E-state index in [1.807, 2.05) is 6.92 Å². The quantitative estimate of drug-likeness (QED) is 0.805. The SMILES string of the molecule is CCC(Br)C(=O)Nc1ccccc1S(=O)(=O)NC. The molecule has 0 radical (unpaired) electrons. The third kappa shape index (κ3) is 3.54. The van der Waals surface area contributed by atoms with Crippen LogP contribution in [0, 0.1) is 0 Å². The summed E-state index contributed by atoms with van der Waals surface area (Å²) in [5, 5.41) is 2.60. The van der Waals surface area contributed by atoms with Crippen LogP contribution in [-0.4, -0.2) is 26.2 Å². The fourth-order valence-electron chi connectivity index (χ4n) is 1.31. The van der Waals surface area contributed by atoms with E-state index in [1.54, 1.807) is 18.2 Å². The van der Waals surface area contributed by atoms with Crippen LogP contribution in [-0.2, 0) is 14.8 Å². The smallest absolute Gasteiger partial charge is 0.242 e. The summed E-state index contributed by atoms with van der Waals surface area (Å²) in [4.78, 5) is 11.4. The van der Waals surface area contributed by atoms with Crippen molar-refractivity contribution in [2.24, 2.45) is 0 Å². The summed E-state index contributed by atoms with van der Waals surface area (Å²) in [5.74, 6) is -0.267. The first-order chi connectivity index (χ1) is 8.42. The Bertz CT molecular complexity index is 531. The van der Waals surface area contributed by atoms with Gasteiger partial charge in [-0.25, -0.2) is 13.1 Å². The van der Waals surface area contributed by atoms with Crippen LogP contribution in [0.2, 0.25) is 0 Å². The predicted molar refractivity (Wildman–Crippen MR) is 74.3 cm³/mol. The van der Waals surface area contributed by atoms with Gasteiger partial charge in [0.05, 0.1) is 10.5 Å². The average Bonchev–Trinajstić information content (AvgIpc) is 2.38. The molecule has 1 rings (SSSR count). The molecule has 1 atom stereocenters. The van der Waals surface area contributed by atoms with Gasteiger partial charge in [0.1, 0.15) is 4.90 Å². The molecule has 0 saturated heterocycles. The van der Waals surface area contributed by atoms with Gasteiger partial charge in [-0.3, -0.25) is 4.79 Å². The lowest BCUT2D eigenvalue weighted by Crippen LogP contribution is -2.25. The van der Waals surface area contributed by atoms with E-state index in [4.69, 9.17) is 0 Å². The second-order valence-corrected chi connectivity index (χ2v) is 6.53. The number of rotatable bonds is 5. The van der Waals surface area contributed by atoms with E-state index < -0.39 is 10.0 Å². The second kappa shape index (κ2) is 6.31. The third-order valence-corrected chi connectivity index (χ3v) is 4.88. The summed E-state index contributed by atoms with van der Waals surface area (Å²) in [6.07, 6.45) is 0.618. The molecule has 0 heterocycles. The van der Waals surface area contributed by atoms with E-state index in [2.05, 4.69) is 26.0 Å². The zero-order valence-corrected chi connectivity index (χ0v) is 12.5. The Morgan fingerprint density at radius 1 is 1.39 bits per heavy atom. The molecule has 1 aromatic rings. The molecule has 1 unspecified atom stereocenters. The van der Waals surface area contributed by atoms with Crippen LogP contribution >= 0.6 is 15.9 Å². The number of para-hydroxylation sites is 1. The maximum atomic E-state index is 11.8. The van der Waals surface area contributed by atoms with Gasteiger partial charge in [0.2, 0.25) is 15.9 Å². The summed E-state index contributed by atoms with van der Waals surface area (Å²) in [6.45, 7) is 1.86. The fourth-order valence-corrected chi connectivity index (χ4v) is 2.31. The van der Waals surface area contributed by atoms with Gasteiger partial charge in [-0.1, -0.05) is 35.0 Å². The number of hydrogen-bond acceptors (Lipinski definition) is 3. The fraction of sp³-hybridized carbons (Fsp3) is 0.364. The Kier molecular flexibility index (Phi) is 5.30. The van der Waals surface area contributed by atoms with Crippen LogP contribution in [0.15, 0.2) is 29.2 Å². The van der Waals surface area contributed by atoms with Crippen LogP contribution in [0.4, 0.5) is 5.69 Å². The van der Waals surface area contributed by atoms with Gasteiger partial charge < -0.3 is 5.32 Å². The summed E-state index contributed by atoms with van der Waals surface area (Å²) >= 11 is 3.21. The van der Waals surface area contributed by atoms with Gasteiger partial charge in [0, 0.05) is 0 Å². The number of anilines is 1. The number of nitrogens with one attached hydrogen (secondary N) is 2. The summed E-state index contributed by atoms with van der Waals surface area (Å²) in [6, 6.07) is 6.26. The molecule has 5 nitrogen and oxygen atoms in total. The first-order valence-electron chi connectivity index (χ1n) is 5.40. The van der Waals surface area contributed by atoms with Gasteiger partial charge in [0.15, 0.2) is 0 Å². The van der Waals surface area contributed by atoms with Crippen molar-refractivity contribution < 1.29 is 13.2 Å². The van der Waals surface area contributed by atoms with Crippen LogP contribution in [0.25, 0.3) is 0 Å². The van der Waals surface area contributed by atoms with Crippen molar-refractivity contribution >= 4 is 37.5 Å². The molecule has 0 aliphatic rings. The van der Waals surface area contributed by atoms with Crippen LogP contribution in [0.5, 0.6) is 0 Å². The van der Waals surface area contributed by atoms with Crippen LogP contribution < -0.4 is 10.0 Å². The molecule has 1 aromatic carbocycles. The molecule has 0 saturated carbocycles. The van der Waals surface area contributed by atoms with Crippen LogP contribution in [0.1, 0.15) is 13.3 Å². The highest BCUT2D eigenvalue weighted by Gasteiger charge is 2.19. The lowest BCUT2D eigenvalue weighted by molar-refractivity contribution is -0.115. The normalized spacial score (nSPS) is 13.1. The van der Waals surface area contributed by atoms with E-state index in [9.17, 15) is 13.2 Å². The zero-order chi connectivity index (χ0) is 13.8. The molecule has 18 heavy (non-hydrogen) atoms. The number of carbonyl (C=O) groups is 1. The van der Waals surface area contributed by atoms with Gasteiger partial charge in [-0.15, -0.1) is 0 Å². The first kappa shape index (κ1) is 15.1. The Morgan fingerprint density at radius 3 is 2.56 bits per heavy atom. The van der Waals surface area contributed by atoms with E-state index in [0.717, 1.165) is 0 Å². The molecular formula is C11H15BrN2O3S. The Balaban J connectivity index is 3.08. The average molecular weight is 335 g/mol. The van der Waals surface area contributed by atoms with Gasteiger partial charge in [0.25, 0.3) is 0 Å². The predicted octanol–water partition coefficient (Wildman–Crippen LogP) is 1.71. The number of alkyl halides is 1. The van der Waals surface area contributed by atoms with Gasteiger partial charge in [-0.05, 0) is 25.6 Å². The van der Waals surface area contributed by atoms with Crippen molar-refractivity contribution in [2.75, 3.05) is 12.4 Å². The second-order valence-electron chi connectivity index (χ2n) is 3.57. The molecular weight excluding hydrogens is 320 g/mol. The molecule has 0 aliphatic carbocycles. The molecule has 0 spiro atoms. The minimum atomic E-state index is -3.59. The number of carbonyl (C=O) groups excluding carboxylic acids is 1. The number of hydrogen-bond donors (Lipinski definition) is 2. The molecule has 100 valence electrons. The van der Waals surface area contributed by atoms with Crippen molar-refractivity contribution in [3.05, 3.63) is 24.3 Å². The summed E-state index contributed by atoms with van der Waals surface area (Å²) in [7, 11) is -2.26. The summed E-state index contributed by atoms with van der Waals surface area (Å²) in [5.41, 5.74) is 0.273. The monoisotopic (exact) mass is 334 g/mol. The maximum Gasteiger partial charge on any atom is 0.242 e. The minimum Gasteiger partial charge on any atom is -0.324 e. The number of amides is 1. The third-order valence-electron chi connectivity index (χ3n) is 2.35. The molecule has 0 aromatic heterocycles. The molecule has 7 heteroatoms. The number of benzene rings is 1. The van der Waals surface area contributed by atoms with E-state index >= 15 is 0 Å². The van der Waals surface area contributed by atoms with Crippen molar-refractivity contribution in [1.29, 1.82) is 0 Å². The van der Waals surface area contributed by atoms with Gasteiger partial charge in [-0.2, -0.15) is 0 Å². The highest BCUT2D eigenvalue weighted by atomic mass is 79.9. The Labute approximate surface area is 115 Å². The van der Waals surface area contributed by atoms with Crippen molar-refractivity contribution in [2.45, 2.75) is 23.1 Å². The van der Waals surface area contributed by atoms with Crippen molar-refractivity contribution in [1.82, 2.24) is 4.72 Å².